The molecule has 0 aromatic carbocycles. The van der Waals surface area contributed by atoms with Crippen LogP contribution >= 0.6 is 0 Å². The lowest BCUT2D eigenvalue weighted by molar-refractivity contribution is 0.232. The molecule has 0 unspecified atom stereocenters. The smallest absolute Gasteiger partial charge is 0.225 e. The molecular weight excluding hydrogens is 200 g/mol. The molecule has 4 nitrogen and oxygen atoms in total. The minimum Gasteiger partial charge on any atom is -0.338 e. The average molecular weight is 220 g/mol. The molecule has 2 heterocycles. The fourth-order valence-electron chi connectivity index (χ4n) is 1.96. The van der Waals surface area contributed by atoms with Gasteiger partial charge < -0.3 is 9.80 Å². The van der Waals surface area contributed by atoms with Gasteiger partial charge in [0, 0.05) is 37.6 Å². The molecule has 1 saturated heterocycles. The van der Waals surface area contributed by atoms with Gasteiger partial charge in [0.15, 0.2) is 0 Å². The molecule has 0 aliphatic carbocycles. The van der Waals surface area contributed by atoms with Crippen molar-refractivity contribution >= 4 is 5.95 Å². The number of hydrogen-bond donors (Lipinski definition) is 0. The number of aryl methyl sites for hydroxylation is 1. The van der Waals surface area contributed by atoms with Gasteiger partial charge in [0.05, 0.1) is 0 Å². The molecule has 1 atom stereocenters. The van der Waals surface area contributed by atoms with Crippen molar-refractivity contribution in [3.63, 3.8) is 0 Å². The molecule has 1 aromatic rings. The number of likely N-dealkylation sites (N-methyl/N-ethyl adjacent to an activating group) is 1. The van der Waals surface area contributed by atoms with E-state index in [0.717, 1.165) is 37.7 Å². The van der Waals surface area contributed by atoms with Gasteiger partial charge in [0.1, 0.15) is 0 Å². The van der Waals surface area contributed by atoms with Gasteiger partial charge in [0.2, 0.25) is 5.95 Å². The van der Waals surface area contributed by atoms with Crippen LogP contribution in [0.2, 0.25) is 0 Å². The minimum atomic E-state index is 0.572. The Morgan fingerprint density at radius 2 is 2.25 bits per heavy atom. The predicted molar refractivity (Wildman–Crippen MR) is 65.7 cm³/mol. The van der Waals surface area contributed by atoms with Crippen molar-refractivity contribution in [2.24, 2.45) is 0 Å². The van der Waals surface area contributed by atoms with Gasteiger partial charge in [0.25, 0.3) is 0 Å². The number of aromatic nitrogens is 2. The van der Waals surface area contributed by atoms with E-state index in [4.69, 9.17) is 0 Å². The van der Waals surface area contributed by atoms with Crippen LogP contribution in [0.1, 0.15) is 19.5 Å². The lowest BCUT2D eigenvalue weighted by Crippen LogP contribution is -2.50. The van der Waals surface area contributed by atoms with E-state index in [2.05, 4.69) is 40.7 Å². The standard InChI is InChI=1S/C12H20N4/c1-4-11-5-6-13-12(14-11)16-8-7-15(3)10(2)9-16/h5-6,10H,4,7-9H2,1-3H3/t10-/m1/s1. The molecule has 0 amide bonds. The first-order valence-corrected chi connectivity index (χ1v) is 5.97. The largest absolute Gasteiger partial charge is 0.338 e. The Balaban J connectivity index is 2.12. The summed E-state index contributed by atoms with van der Waals surface area (Å²) in [4.78, 5) is 13.6. The summed E-state index contributed by atoms with van der Waals surface area (Å²) in [7, 11) is 2.17. The Hall–Kier alpha value is -1.16. The van der Waals surface area contributed by atoms with Crippen LogP contribution < -0.4 is 4.90 Å². The summed E-state index contributed by atoms with van der Waals surface area (Å²) in [5.74, 6) is 0.888. The van der Waals surface area contributed by atoms with Crippen LogP contribution in [0.3, 0.4) is 0 Å². The molecule has 0 spiro atoms. The highest BCUT2D eigenvalue weighted by molar-refractivity contribution is 5.31. The monoisotopic (exact) mass is 220 g/mol. The third-order valence-electron chi connectivity index (χ3n) is 3.31. The maximum Gasteiger partial charge on any atom is 0.225 e. The lowest BCUT2D eigenvalue weighted by atomic mass is 10.2. The quantitative estimate of drug-likeness (QED) is 0.749. The van der Waals surface area contributed by atoms with Crippen molar-refractivity contribution < 1.29 is 0 Å². The van der Waals surface area contributed by atoms with E-state index in [1.165, 1.54) is 0 Å². The summed E-state index contributed by atoms with van der Waals surface area (Å²) >= 11 is 0. The molecule has 1 aromatic heterocycles. The SMILES string of the molecule is CCc1ccnc(N2CCN(C)[C@H](C)C2)n1. The summed E-state index contributed by atoms with van der Waals surface area (Å²) < 4.78 is 0. The Bertz CT molecular complexity index is 353. The molecule has 16 heavy (non-hydrogen) atoms. The van der Waals surface area contributed by atoms with Gasteiger partial charge in [-0.2, -0.15) is 0 Å². The summed E-state index contributed by atoms with van der Waals surface area (Å²) in [6, 6.07) is 2.56. The molecule has 0 N–H and O–H groups in total. The van der Waals surface area contributed by atoms with Gasteiger partial charge in [-0.25, -0.2) is 9.97 Å². The Labute approximate surface area is 97.3 Å². The van der Waals surface area contributed by atoms with E-state index < -0.39 is 0 Å². The van der Waals surface area contributed by atoms with Crippen LogP contribution in [0.4, 0.5) is 5.95 Å². The van der Waals surface area contributed by atoms with Crippen molar-refractivity contribution in [3.8, 4) is 0 Å². The zero-order valence-corrected chi connectivity index (χ0v) is 10.3. The Kier molecular flexibility index (Phi) is 3.39. The van der Waals surface area contributed by atoms with Crippen LogP contribution in [-0.4, -0.2) is 47.6 Å². The van der Waals surface area contributed by atoms with Crippen LogP contribution in [-0.2, 0) is 6.42 Å². The molecule has 0 bridgehead atoms. The molecule has 0 saturated carbocycles. The van der Waals surface area contributed by atoms with Crippen molar-refractivity contribution in [1.29, 1.82) is 0 Å². The minimum absolute atomic E-state index is 0.572. The number of anilines is 1. The van der Waals surface area contributed by atoms with Gasteiger partial charge >= 0.3 is 0 Å². The summed E-state index contributed by atoms with van der Waals surface area (Å²) in [5.41, 5.74) is 1.12. The molecule has 1 fully saturated rings. The predicted octanol–water partition coefficient (Wildman–Crippen LogP) is 1.18. The second kappa shape index (κ2) is 4.78. The third kappa shape index (κ3) is 2.32. The number of piperazine rings is 1. The summed E-state index contributed by atoms with van der Waals surface area (Å²) in [5, 5.41) is 0. The zero-order chi connectivity index (χ0) is 11.5. The molecular formula is C12H20N4. The highest BCUT2D eigenvalue weighted by atomic mass is 15.3. The van der Waals surface area contributed by atoms with E-state index in [1.54, 1.807) is 0 Å². The third-order valence-corrected chi connectivity index (χ3v) is 3.31. The van der Waals surface area contributed by atoms with Crippen molar-refractivity contribution in [2.75, 3.05) is 31.6 Å². The van der Waals surface area contributed by atoms with Crippen LogP contribution in [0.5, 0.6) is 0 Å². The van der Waals surface area contributed by atoms with Gasteiger partial charge in [-0.3, -0.25) is 0 Å². The lowest BCUT2D eigenvalue weighted by Gasteiger charge is -2.37. The number of nitrogens with zero attached hydrogens (tertiary/aromatic N) is 4. The first-order chi connectivity index (χ1) is 7.70. The van der Waals surface area contributed by atoms with E-state index >= 15 is 0 Å². The second-order valence-corrected chi connectivity index (χ2v) is 4.48. The fraction of sp³-hybridized carbons (Fsp3) is 0.667. The molecule has 1 aliphatic heterocycles. The molecule has 0 radical (unpaired) electrons. The Morgan fingerprint density at radius 1 is 1.44 bits per heavy atom. The Morgan fingerprint density at radius 3 is 2.94 bits per heavy atom. The van der Waals surface area contributed by atoms with Crippen LogP contribution in [0, 0.1) is 0 Å². The van der Waals surface area contributed by atoms with Crippen LogP contribution in [0.15, 0.2) is 12.3 Å². The van der Waals surface area contributed by atoms with Gasteiger partial charge in [-0.15, -0.1) is 0 Å². The molecule has 4 heteroatoms. The van der Waals surface area contributed by atoms with E-state index in [1.807, 2.05) is 12.3 Å². The molecule has 88 valence electrons. The molecule has 1 aliphatic rings. The van der Waals surface area contributed by atoms with E-state index in [-0.39, 0.29) is 0 Å². The van der Waals surface area contributed by atoms with Crippen LogP contribution in [0.25, 0.3) is 0 Å². The second-order valence-electron chi connectivity index (χ2n) is 4.48. The van der Waals surface area contributed by atoms with Crippen molar-refractivity contribution in [2.45, 2.75) is 26.3 Å². The summed E-state index contributed by atoms with van der Waals surface area (Å²) in [6.45, 7) is 7.49. The normalized spacial score (nSPS) is 22.4. The topological polar surface area (TPSA) is 32.3 Å². The maximum atomic E-state index is 4.57. The zero-order valence-electron chi connectivity index (χ0n) is 10.3. The summed E-state index contributed by atoms with van der Waals surface area (Å²) in [6.07, 6.45) is 2.84. The fourth-order valence-corrected chi connectivity index (χ4v) is 1.96. The highest BCUT2D eigenvalue weighted by Gasteiger charge is 2.22. The van der Waals surface area contributed by atoms with Gasteiger partial charge in [-0.05, 0) is 26.5 Å². The van der Waals surface area contributed by atoms with E-state index in [0.29, 0.717) is 6.04 Å². The molecule has 2 rings (SSSR count). The van der Waals surface area contributed by atoms with E-state index in [9.17, 15) is 0 Å². The number of rotatable bonds is 2. The first-order valence-electron chi connectivity index (χ1n) is 5.97. The maximum absolute atomic E-state index is 4.57. The first kappa shape index (κ1) is 11.3. The van der Waals surface area contributed by atoms with Gasteiger partial charge in [-0.1, -0.05) is 6.92 Å². The highest BCUT2D eigenvalue weighted by Crippen LogP contribution is 2.14. The van der Waals surface area contributed by atoms with Crippen molar-refractivity contribution in [3.05, 3.63) is 18.0 Å². The average Bonchev–Trinajstić information content (AvgIpc) is 2.33. The number of hydrogen-bond acceptors (Lipinski definition) is 4. The van der Waals surface area contributed by atoms with Crippen molar-refractivity contribution in [1.82, 2.24) is 14.9 Å².